The number of rotatable bonds is 5. The molecule has 0 unspecified atom stereocenters. The van der Waals surface area contributed by atoms with Crippen molar-refractivity contribution < 1.29 is 9.18 Å². The summed E-state index contributed by atoms with van der Waals surface area (Å²) >= 11 is 7.77. The van der Waals surface area contributed by atoms with Crippen LogP contribution in [0.3, 0.4) is 0 Å². The van der Waals surface area contributed by atoms with E-state index in [1.165, 1.54) is 16.1 Å². The number of alkyl halides is 1. The van der Waals surface area contributed by atoms with Crippen molar-refractivity contribution in [1.82, 2.24) is 25.0 Å². The van der Waals surface area contributed by atoms with Crippen molar-refractivity contribution in [2.75, 3.05) is 17.3 Å². The molecule has 2 N–H and O–H groups in total. The summed E-state index contributed by atoms with van der Waals surface area (Å²) in [5.74, 6) is 0. The van der Waals surface area contributed by atoms with E-state index in [0.717, 1.165) is 15.4 Å². The second-order valence-electron chi connectivity index (χ2n) is 7.41. The van der Waals surface area contributed by atoms with Crippen LogP contribution in [-0.2, 0) is 5.41 Å². The van der Waals surface area contributed by atoms with Crippen LogP contribution >= 0.6 is 22.9 Å². The van der Waals surface area contributed by atoms with E-state index in [1.54, 1.807) is 36.8 Å². The molecule has 0 bridgehead atoms. The third-order valence-corrected chi connectivity index (χ3v) is 6.44. The minimum atomic E-state index is -0.605. The molecular formula is C20H17ClFN7OS. The van der Waals surface area contributed by atoms with Gasteiger partial charge in [-0.25, -0.2) is 14.8 Å². The number of hydrogen-bond acceptors (Lipinski definition) is 6. The number of carbonyl (C=O) groups is 1. The molecule has 4 aromatic rings. The summed E-state index contributed by atoms with van der Waals surface area (Å²) < 4.78 is 13.9. The summed E-state index contributed by atoms with van der Waals surface area (Å²) in [6.45, 7) is 1.38. The Bertz CT molecular complexity index is 1290. The summed E-state index contributed by atoms with van der Waals surface area (Å²) in [6, 6.07) is 4.53. The Labute approximate surface area is 185 Å². The number of halogens is 2. The number of nitrogens with one attached hydrogen (secondary N) is 2. The van der Waals surface area contributed by atoms with Crippen molar-refractivity contribution in [1.29, 1.82) is 0 Å². The topological polar surface area (TPSA) is 97.6 Å². The number of thiazole rings is 1. The van der Waals surface area contributed by atoms with Crippen LogP contribution in [0.1, 0.15) is 23.4 Å². The van der Waals surface area contributed by atoms with Gasteiger partial charge in [-0.2, -0.15) is 15.0 Å². The average Bonchev–Trinajstić information content (AvgIpc) is 3.14. The van der Waals surface area contributed by atoms with Gasteiger partial charge in [0.25, 0.3) is 0 Å². The van der Waals surface area contributed by atoms with E-state index in [1.807, 2.05) is 6.92 Å². The Kier molecular flexibility index (Phi) is 4.82. The molecule has 0 saturated heterocycles. The lowest BCUT2D eigenvalue weighted by Crippen LogP contribution is -2.23. The van der Waals surface area contributed by atoms with Crippen molar-refractivity contribution in [3.05, 3.63) is 52.4 Å². The number of pyridine rings is 1. The Morgan fingerprint density at radius 1 is 1.29 bits per heavy atom. The molecule has 3 aromatic heterocycles. The molecule has 5 rings (SSSR count). The van der Waals surface area contributed by atoms with Gasteiger partial charge in [0.05, 0.1) is 41.0 Å². The van der Waals surface area contributed by atoms with Crippen LogP contribution < -0.4 is 10.6 Å². The predicted molar refractivity (Wildman–Crippen MR) is 118 cm³/mol. The van der Waals surface area contributed by atoms with Gasteiger partial charge in [0.1, 0.15) is 16.0 Å². The molecule has 0 atom stereocenters. The Balaban J connectivity index is 1.41. The SMILES string of the molecule is Cc1nc2c(C3(CF)CC3)c(NC(=O)Nc3ccc(-n4nccn4)c(Cl)c3)cnc2s1. The van der Waals surface area contributed by atoms with Crippen molar-refractivity contribution in [3.63, 3.8) is 0 Å². The molecule has 1 aromatic carbocycles. The van der Waals surface area contributed by atoms with E-state index in [0.29, 0.717) is 40.4 Å². The zero-order valence-electron chi connectivity index (χ0n) is 16.4. The minimum Gasteiger partial charge on any atom is -0.308 e. The number of anilines is 2. The highest BCUT2D eigenvalue weighted by atomic mass is 35.5. The first-order valence-electron chi connectivity index (χ1n) is 9.56. The third kappa shape index (κ3) is 3.61. The molecule has 1 saturated carbocycles. The number of carbonyl (C=O) groups excluding carboxylic acids is 1. The molecular weight excluding hydrogens is 441 g/mol. The number of nitrogens with zero attached hydrogens (tertiary/aromatic N) is 5. The fourth-order valence-corrected chi connectivity index (χ4v) is 4.61. The molecule has 3 heterocycles. The largest absolute Gasteiger partial charge is 0.323 e. The lowest BCUT2D eigenvalue weighted by Gasteiger charge is -2.18. The average molecular weight is 458 g/mol. The molecule has 31 heavy (non-hydrogen) atoms. The van der Waals surface area contributed by atoms with Gasteiger partial charge in [-0.1, -0.05) is 22.9 Å². The Morgan fingerprint density at radius 3 is 2.74 bits per heavy atom. The van der Waals surface area contributed by atoms with Gasteiger partial charge in [-0.3, -0.25) is 4.39 Å². The summed E-state index contributed by atoms with van der Waals surface area (Å²) in [6.07, 6.45) is 6.10. The first-order valence-corrected chi connectivity index (χ1v) is 10.8. The third-order valence-electron chi connectivity index (χ3n) is 5.26. The molecule has 11 heteroatoms. The zero-order valence-corrected chi connectivity index (χ0v) is 18.0. The van der Waals surface area contributed by atoms with E-state index < -0.39 is 18.1 Å². The van der Waals surface area contributed by atoms with Gasteiger partial charge in [0.2, 0.25) is 0 Å². The zero-order chi connectivity index (χ0) is 21.6. The van der Waals surface area contributed by atoms with E-state index in [2.05, 4.69) is 30.8 Å². The molecule has 158 valence electrons. The summed E-state index contributed by atoms with van der Waals surface area (Å²) in [7, 11) is 0. The molecule has 1 fully saturated rings. The van der Waals surface area contributed by atoms with Gasteiger partial charge in [0.15, 0.2) is 0 Å². The van der Waals surface area contributed by atoms with E-state index >= 15 is 0 Å². The normalized spacial score (nSPS) is 14.5. The molecule has 1 aliphatic carbocycles. The van der Waals surface area contributed by atoms with Crippen molar-refractivity contribution in [2.24, 2.45) is 0 Å². The number of aryl methyl sites for hydroxylation is 1. The lowest BCUT2D eigenvalue weighted by atomic mass is 9.96. The van der Waals surface area contributed by atoms with Gasteiger partial charge in [0, 0.05) is 16.7 Å². The van der Waals surface area contributed by atoms with Crippen LogP contribution in [-0.4, -0.2) is 37.7 Å². The Morgan fingerprint density at radius 2 is 2.06 bits per heavy atom. The molecule has 0 spiro atoms. The molecule has 0 aliphatic heterocycles. The molecule has 2 amide bonds. The second-order valence-corrected chi connectivity index (χ2v) is 9.00. The fraction of sp³-hybridized carbons (Fsp3) is 0.250. The van der Waals surface area contributed by atoms with Crippen molar-refractivity contribution >= 4 is 50.7 Å². The quantitative estimate of drug-likeness (QED) is 0.445. The number of hydrogen-bond donors (Lipinski definition) is 2. The van der Waals surface area contributed by atoms with Gasteiger partial charge >= 0.3 is 6.03 Å². The van der Waals surface area contributed by atoms with E-state index in [9.17, 15) is 9.18 Å². The summed E-state index contributed by atoms with van der Waals surface area (Å²) in [4.78, 5) is 23.8. The summed E-state index contributed by atoms with van der Waals surface area (Å²) in [5.41, 5.74) is 2.32. The van der Waals surface area contributed by atoms with Gasteiger partial charge in [-0.15, -0.1) is 0 Å². The maximum absolute atomic E-state index is 13.9. The smallest absolute Gasteiger partial charge is 0.308 e. The monoisotopic (exact) mass is 457 g/mol. The maximum Gasteiger partial charge on any atom is 0.323 e. The number of urea groups is 1. The highest BCUT2D eigenvalue weighted by Gasteiger charge is 2.48. The predicted octanol–water partition coefficient (Wildman–Crippen LogP) is 4.88. The lowest BCUT2D eigenvalue weighted by molar-refractivity contribution is 0.262. The van der Waals surface area contributed by atoms with Crippen molar-refractivity contribution in [3.8, 4) is 5.69 Å². The van der Waals surface area contributed by atoms with Crippen LogP contribution in [0.2, 0.25) is 5.02 Å². The molecule has 1 aliphatic rings. The minimum absolute atomic E-state index is 0.380. The van der Waals surface area contributed by atoms with Gasteiger partial charge in [-0.05, 0) is 38.0 Å². The van der Waals surface area contributed by atoms with E-state index in [4.69, 9.17) is 11.6 Å². The van der Waals surface area contributed by atoms with Gasteiger partial charge < -0.3 is 10.6 Å². The second kappa shape index (κ2) is 7.54. The van der Waals surface area contributed by atoms with Crippen molar-refractivity contribution in [2.45, 2.75) is 25.2 Å². The van der Waals surface area contributed by atoms with Crippen LogP contribution in [0.5, 0.6) is 0 Å². The fourth-order valence-electron chi connectivity index (χ4n) is 3.59. The van der Waals surface area contributed by atoms with Crippen LogP contribution in [0.25, 0.3) is 16.0 Å². The first kappa shape index (κ1) is 19.8. The standard InChI is InChI=1S/C20H17ClFN7OS/c1-11-26-17-16(20(10-22)4-5-20)14(9-23-18(17)31-11)28-19(30)27-12-2-3-15(13(21)8-12)29-24-6-7-25-29/h2-3,6-9H,4-5,10H2,1H3,(H2,27,28,30). The van der Waals surface area contributed by atoms with Crippen LogP contribution in [0, 0.1) is 6.92 Å². The number of fused-ring (bicyclic) bond motifs is 1. The highest BCUT2D eigenvalue weighted by molar-refractivity contribution is 7.18. The maximum atomic E-state index is 13.9. The van der Waals surface area contributed by atoms with Crippen LogP contribution in [0.4, 0.5) is 20.6 Å². The Hall–Kier alpha value is -3.11. The first-order chi connectivity index (χ1) is 15.0. The molecule has 0 radical (unpaired) electrons. The number of amides is 2. The highest BCUT2D eigenvalue weighted by Crippen LogP contribution is 2.53. The number of aromatic nitrogens is 5. The van der Waals surface area contributed by atoms with Crippen LogP contribution in [0.15, 0.2) is 36.8 Å². The summed E-state index contributed by atoms with van der Waals surface area (Å²) in [5, 5.41) is 14.9. The molecule has 8 nitrogen and oxygen atoms in total. The number of benzene rings is 1. The van der Waals surface area contributed by atoms with E-state index in [-0.39, 0.29) is 0 Å².